The number of ether oxygens (including phenoxy) is 2. The first kappa shape index (κ1) is 23.5. The van der Waals surface area contributed by atoms with Gasteiger partial charge in [-0.25, -0.2) is 4.79 Å². The van der Waals surface area contributed by atoms with Crippen LogP contribution in [0.5, 0.6) is 0 Å². The van der Waals surface area contributed by atoms with Gasteiger partial charge in [0, 0.05) is 17.7 Å². The van der Waals surface area contributed by atoms with Crippen LogP contribution in [0.25, 0.3) is 0 Å². The molecule has 4 nitrogen and oxygen atoms in total. The van der Waals surface area contributed by atoms with Gasteiger partial charge in [-0.3, -0.25) is 4.99 Å². The smallest absolute Gasteiger partial charge is 0.331 e. The first-order valence-electron chi connectivity index (χ1n) is 12.8. The van der Waals surface area contributed by atoms with E-state index in [2.05, 4.69) is 24.3 Å². The molecule has 0 radical (unpaired) electrons. The highest BCUT2D eigenvalue weighted by molar-refractivity contribution is 6.13. The molecule has 0 N–H and O–H groups in total. The predicted octanol–water partition coefficient (Wildman–Crippen LogP) is 6.38. The lowest BCUT2D eigenvalue weighted by molar-refractivity contribution is -0.151. The van der Waals surface area contributed by atoms with Crippen molar-refractivity contribution in [1.29, 1.82) is 0 Å². The first-order valence-corrected chi connectivity index (χ1v) is 12.8. The van der Waals surface area contributed by atoms with E-state index in [-0.39, 0.29) is 24.1 Å². The van der Waals surface area contributed by atoms with Crippen molar-refractivity contribution in [2.24, 2.45) is 10.9 Å². The molecule has 2 atom stereocenters. The van der Waals surface area contributed by atoms with Crippen LogP contribution in [0.15, 0.2) is 96.0 Å². The average molecular weight is 468 g/mol. The van der Waals surface area contributed by atoms with Crippen molar-refractivity contribution in [3.8, 4) is 0 Å². The summed E-state index contributed by atoms with van der Waals surface area (Å²) in [6.45, 7) is 0.931. The number of hydrogen-bond donors (Lipinski definition) is 0. The van der Waals surface area contributed by atoms with Gasteiger partial charge in [-0.2, -0.15) is 0 Å². The molecule has 2 unspecified atom stereocenters. The van der Waals surface area contributed by atoms with E-state index in [1.165, 1.54) is 12.8 Å². The van der Waals surface area contributed by atoms with Crippen LogP contribution in [0.4, 0.5) is 0 Å². The third kappa shape index (κ3) is 5.71. The van der Waals surface area contributed by atoms with Crippen molar-refractivity contribution in [2.45, 2.75) is 56.8 Å². The lowest BCUT2D eigenvalue weighted by atomic mass is 9.80. The van der Waals surface area contributed by atoms with Gasteiger partial charge in [-0.1, -0.05) is 104 Å². The van der Waals surface area contributed by atoms with Gasteiger partial charge in [0.15, 0.2) is 6.04 Å². The van der Waals surface area contributed by atoms with E-state index < -0.39 is 6.04 Å². The Labute approximate surface area is 208 Å². The van der Waals surface area contributed by atoms with E-state index in [4.69, 9.17) is 14.5 Å². The molecule has 35 heavy (non-hydrogen) atoms. The van der Waals surface area contributed by atoms with Gasteiger partial charge in [0.25, 0.3) is 0 Å². The maximum atomic E-state index is 13.6. The number of carbonyl (C=O) groups is 1. The van der Waals surface area contributed by atoms with Crippen LogP contribution in [-0.2, 0) is 20.9 Å². The summed E-state index contributed by atoms with van der Waals surface area (Å²) in [6.07, 6.45) is 6.20. The molecule has 1 saturated heterocycles. The third-order valence-electron chi connectivity index (χ3n) is 7.32. The molecular weight excluding hydrogens is 434 g/mol. The zero-order valence-electron chi connectivity index (χ0n) is 20.1. The van der Waals surface area contributed by atoms with Crippen LogP contribution in [0.2, 0.25) is 0 Å². The van der Waals surface area contributed by atoms with Gasteiger partial charge >= 0.3 is 5.97 Å². The fourth-order valence-corrected chi connectivity index (χ4v) is 5.51. The predicted molar refractivity (Wildman–Crippen MR) is 138 cm³/mol. The SMILES string of the molecule is O=C(OCc1ccccc1)C(N=C(c1ccccc1)c1ccccc1)C1CCOC2(CCCC2)C1. The second-order valence-corrected chi connectivity index (χ2v) is 9.74. The highest BCUT2D eigenvalue weighted by Gasteiger charge is 2.44. The summed E-state index contributed by atoms with van der Waals surface area (Å²) in [5, 5.41) is 0. The molecule has 0 aromatic heterocycles. The van der Waals surface area contributed by atoms with Crippen molar-refractivity contribution in [3.05, 3.63) is 108 Å². The number of carbonyl (C=O) groups excluding carboxylic acids is 1. The molecule has 3 aromatic carbocycles. The third-order valence-corrected chi connectivity index (χ3v) is 7.32. The first-order chi connectivity index (χ1) is 17.2. The van der Waals surface area contributed by atoms with E-state index in [1.54, 1.807) is 0 Å². The molecule has 180 valence electrons. The van der Waals surface area contributed by atoms with Gasteiger partial charge in [0.05, 0.1) is 11.3 Å². The van der Waals surface area contributed by atoms with E-state index in [0.29, 0.717) is 6.61 Å². The number of rotatable bonds is 7. The summed E-state index contributed by atoms with van der Waals surface area (Å²) in [6, 6.07) is 29.5. The fourth-order valence-electron chi connectivity index (χ4n) is 5.51. The van der Waals surface area contributed by atoms with Gasteiger partial charge in [0.1, 0.15) is 6.61 Å². The normalized spacial score (nSPS) is 19.7. The Hall–Kier alpha value is -3.24. The zero-order chi connectivity index (χ0) is 23.9. The number of aliphatic imine (C=N–C) groups is 1. The Morgan fingerprint density at radius 2 is 1.46 bits per heavy atom. The maximum Gasteiger partial charge on any atom is 0.331 e. The summed E-state index contributed by atoms with van der Waals surface area (Å²) in [7, 11) is 0. The molecule has 0 amide bonds. The number of hydrogen-bond acceptors (Lipinski definition) is 4. The molecule has 1 spiro atoms. The maximum absolute atomic E-state index is 13.6. The van der Waals surface area contributed by atoms with Crippen LogP contribution in [-0.4, -0.2) is 29.9 Å². The summed E-state index contributed by atoms with van der Waals surface area (Å²) in [5.41, 5.74) is 3.72. The van der Waals surface area contributed by atoms with Gasteiger partial charge < -0.3 is 9.47 Å². The van der Waals surface area contributed by atoms with E-state index in [0.717, 1.165) is 48.1 Å². The van der Waals surface area contributed by atoms with Crippen molar-refractivity contribution in [2.75, 3.05) is 6.61 Å². The molecular formula is C31H33NO3. The topological polar surface area (TPSA) is 47.9 Å². The Morgan fingerprint density at radius 3 is 2.06 bits per heavy atom. The summed E-state index contributed by atoms with van der Waals surface area (Å²) in [4.78, 5) is 18.8. The highest BCUT2D eigenvalue weighted by atomic mass is 16.5. The molecule has 1 heterocycles. The molecule has 5 rings (SSSR count). The van der Waals surface area contributed by atoms with Crippen LogP contribution < -0.4 is 0 Å². The molecule has 4 heteroatoms. The monoisotopic (exact) mass is 467 g/mol. The Kier molecular flexibility index (Phi) is 7.39. The van der Waals surface area contributed by atoms with E-state index >= 15 is 0 Å². The van der Waals surface area contributed by atoms with Crippen molar-refractivity contribution >= 4 is 11.7 Å². The second kappa shape index (κ2) is 11.0. The number of nitrogens with zero attached hydrogens (tertiary/aromatic N) is 1. The zero-order valence-corrected chi connectivity index (χ0v) is 20.1. The van der Waals surface area contributed by atoms with Gasteiger partial charge in [0.2, 0.25) is 0 Å². The number of esters is 1. The summed E-state index contributed by atoms with van der Waals surface area (Å²) in [5.74, 6) is -0.161. The minimum Gasteiger partial charge on any atom is -0.459 e. The second-order valence-electron chi connectivity index (χ2n) is 9.74. The molecule has 2 fully saturated rings. The summed E-state index contributed by atoms with van der Waals surface area (Å²) < 4.78 is 12.2. The Bertz CT molecular complexity index is 1080. The minimum absolute atomic E-state index is 0.0903. The minimum atomic E-state index is -0.574. The lowest BCUT2D eigenvalue weighted by Gasteiger charge is -2.40. The van der Waals surface area contributed by atoms with Crippen molar-refractivity contribution in [3.63, 3.8) is 0 Å². The van der Waals surface area contributed by atoms with Crippen LogP contribution >= 0.6 is 0 Å². The molecule has 1 saturated carbocycles. The standard InChI is InChI=1S/C31H33NO3/c33-30(34-23-24-12-4-1-5-13-24)29(27-18-21-35-31(22-27)19-10-11-20-31)32-28(25-14-6-2-7-15-25)26-16-8-3-9-17-26/h1-9,12-17,27,29H,10-11,18-23H2. The average Bonchev–Trinajstić information content (AvgIpc) is 3.36. The molecule has 1 aliphatic carbocycles. The quantitative estimate of drug-likeness (QED) is 0.299. The fraction of sp³-hybridized carbons (Fsp3) is 0.355. The van der Waals surface area contributed by atoms with Crippen LogP contribution in [0.1, 0.15) is 55.2 Å². The van der Waals surface area contributed by atoms with Crippen molar-refractivity contribution in [1.82, 2.24) is 0 Å². The molecule has 3 aromatic rings. The van der Waals surface area contributed by atoms with Crippen LogP contribution in [0, 0.1) is 5.92 Å². The number of benzene rings is 3. The summed E-state index contributed by atoms with van der Waals surface area (Å²) >= 11 is 0. The lowest BCUT2D eigenvalue weighted by Crippen LogP contribution is -2.43. The highest BCUT2D eigenvalue weighted by Crippen LogP contribution is 2.43. The molecule has 0 bridgehead atoms. The van der Waals surface area contributed by atoms with Crippen molar-refractivity contribution < 1.29 is 14.3 Å². The van der Waals surface area contributed by atoms with E-state index in [9.17, 15) is 4.79 Å². The Balaban J connectivity index is 1.49. The van der Waals surface area contributed by atoms with E-state index in [1.807, 2.05) is 66.7 Å². The Morgan fingerprint density at radius 1 is 0.886 bits per heavy atom. The molecule has 1 aliphatic heterocycles. The largest absolute Gasteiger partial charge is 0.459 e. The van der Waals surface area contributed by atoms with Gasteiger partial charge in [-0.05, 0) is 37.2 Å². The van der Waals surface area contributed by atoms with Crippen LogP contribution in [0.3, 0.4) is 0 Å². The molecule has 2 aliphatic rings. The van der Waals surface area contributed by atoms with Gasteiger partial charge in [-0.15, -0.1) is 0 Å².